The molecule has 53 heavy (non-hydrogen) atoms. The van der Waals surface area contributed by atoms with E-state index in [-0.39, 0.29) is 37.3 Å². The molecule has 6 rings (SSSR count). The number of thiol groups is 2. The van der Waals surface area contributed by atoms with Gasteiger partial charge in [0.25, 0.3) is 0 Å². The Morgan fingerprint density at radius 3 is 1.06 bits per heavy atom. The number of nitrogens with zero attached hydrogens (tertiary/aromatic N) is 1. The summed E-state index contributed by atoms with van der Waals surface area (Å²) in [4.78, 5) is 27.9. The largest absolute Gasteiger partial charge is 0.480 e. The maximum absolute atomic E-state index is 13.9. The zero-order chi connectivity index (χ0) is 37.1. The highest BCUT2D eigenvalue weighted by Crippen LogP contribution is 2.46. The van der Waals surface area contributed by atoms with E-state index in [1.54, 1.807) is 4.90 Å². The number of nitrogens with one attached hydrogen (secondary N) is 1. The molecule has 2 N–H and O–H groups in total. The van der Waals surface area contributed by atoms with E-state index in [0.717, 1.165) is 33.4 Å². The molecule has 0 heterocycles. The maximum Gasteiger partial charge on any atom is 0.317 e. The van der Waals surface area contributed by atoms with Crippen LogP contribution in [0.3, 0.4) is 0 Å². The van der Waals surface area contributed by atoms with Crippen LogP contribution in [0.5, 0.6) is 0 Å². The van der Waals surface area contributed by atoms with Crippen molar-refractivity contribution in [2.45, 2.75) is 21.3 Å². The van der Waals surface area contributed by atoms with Crippen LogP contribution < -0.4 is 5.32 Å². The molecule has 0 aliphatic carbocycles. The first-order valence-electron chi connectivity index (χ1n) is 17.8. The number of rotatable bonds is 16. The molecular weight excluding hydrogens is 693 g/mol. The van der Waals surface area contributed by atoms with Gasteiger partial charge in [0.1, 0.15) is 0 Å². The molecule has 0 aromatic heterocycles. The summed E-state index contributed by atoms with van der Waals surface area (Å²) in [5.74, 6) is -1.31. The third-order valence-corrected chi connectivity index (χ3v) is 11.1. The first-order chi connectivity index (χ1) is 25.9. The van der Waals surface area contributed by atoms with Crippen molar-refractivity contribution < 1.29 is 14.7 Å². The highest BCUT2D eigenvalue weighted by molar-refractivity contribution is 7.81. The lowest BCUT2D eigenvalue weighted by Crippen LogP contribution is -2.50. The van der Waals surface area contributed by atoms with E-state index in [4.69, 9.17) is 25.3 Å². The van der Waals surface area contributed by atoms with E-state index in [1.165, 1.54) is 0 Å². The van der Waals surface area contributed by atoms with Crippen molar-refractivity contribution in [3.05, 3.63) is 215 Å². The van der Waals surface area contributed by atoms with E-state index in [0.29, 0.717) is 0 Å². The molecule has 0 radical (unpaired) electrons. The molecule has 7 heteroatoms. The number of carbonyl (C=O) groups is 2. The SMILES string of the molecule is O=C(O)CN(CC(=O)NCC(S)C(c1ccccc1)(c1ccccc1)c1ccccc1)CC(S)C(c1ccccc1)(c1ccccc1)c1ccccc1. The number of carboxylic acid groups (broad SMARTS) is 1. The Bertz CT molecular complexity index is 1840. The van der Waals surface area contributed by atoms with Crippen molar-refractivity contribution in [1.29, 1.82) is 0 Å². The van der Waals surface area contributed by atoms with Crippen LogP contribution in [0.25, 0.3) is 0 Å². The van der Waals surface area contributed by atoms with Gasteiger partial charge in [-0.2, -0.15) is 25.3 Å². The second-order valence-corrected chi connectivity index (χ2v) is 14.5. The molecule has 6 aromatic carbocycles. The summed E-state index contributed by atoms with van der Waals surface area (Å²) < 4.78 is 0. The minimum atomic E-state index is -1.02. The fourth-order valence-electron chi connectivity index (χ4n) is 7.74. The second kappa shape index (κ2) is 17.6. The molecule has 0 saturated carbocycles. The molecule has 0 fully saturated rings. The fraction of sp³-hybridized carbons (Fsp3) is 0.174. The number of hydrogen-bond acceptors (Lipinski definition) is 5. The summed E-state index contributed by atoms with van der Waals surface area (Å²) in [5.41, 5.74) is 4.77. The average Bonchev–Trinajstić information content (AvgIpc) is 3.20. The molecule has 5 nitrogen and oxygen atoms in total. The lowest BCUT2D eigenvalue weighted by molar-refractivity contribution is -0.138. The van der Waals surface area contributed by atoms with Crippen LogP contribution in [0.15, 0.2) is 182 Å². The van der Waals surface area contributed by atoms with Gasteiger partial charge in [-0.25, -0.2) is 0 Å². The smallest absolute Gasteiger partial charge is 0.317 e. The monoisotopic (exact) mass is 736 g/mol. The van der Waals surface area contributed by atoms with Crippen LogP contribution in [0, 0.1) is 0 Å². The Morgan fingerprint density at radius 2 is 0.774 bits per heavy atom. The van der Waals surface area contributed by atoms with E-state index < -0.39 is 22.0 Å². The Labute approximate surface area is 323 Å². The van der Waals surface area contributed by atoms with Gasteiger partial charge in [-0.05, 0) is 33.4 Å². The highest BCUT2D eigenvalue weighted by Gasteiger charge is 2.44. The predicted octanol–water partition coefficient (Wildman–Crippen LogP) is 8.16. The predicted molar refractivity (Wildman–Crippen MR) is 221 cm³/mol. The van der Waals surface area contributed by atoms with Gasteiger partial charge in [0, 0.05) is 23.6 Å². The molecular formula is C46H44N2O3S2. The Hall–Kier alpha value is -5.08. The Kier molecular flexibility index (Phi) is 12.5. The number of aliphatic carboxylic acids is 1. The average molecular weight is 737 g/mol. The number of amides is 1. The lowest BCUT2D eigenvalue weighted by atomic mass is 9.67. The number of carbonyl (C=O) groups excluding carboxylic acids is 1. The topological polar surface area (TPSA) is 69.6 Å². The molecule has 268 valence electrons. The van der Waals surface area contributed by atoms with Gasteiger partial charge < -0.3 is 10.4 Å². The van der Waals surface area contributed by atoms with Crippen LogP contribution in [-0.4, -0.2) is 58.6 Å². The normalized spacial score (nSPS) is 12.9. The molecule has 2 atom stereocenters. The van der Waals surface area contributed by atoms with E-state index >= 15 is 0 Å². The van der Waals surface area contributed by atoms with Gasteiger partial charge >= 0.3 is 5.97 Å². The number of carboxylic acids is 1. The van der Waals surface area contributed by atoms with Gasteiger partial charge in [-0.15, -0.1) is 0 Å². The van der Waals surface area contributed by atoms with Crippen LogP contribution in [0.1, 0.15) is 33.4 Å². The molecule has 2 unspecified atom stereocenters. The van der Waals surface area contributed by atoms with Crippen molar-refractivity contribution in [2.24, 2.45) is 0 Å². The Balaban J connectivity index is 1.30. The second-order valence-electron chi connectivity index (χ2n) is 13.2. The van der Waals surface area contributed by atoms with Crippen molar-refractivity contribution in [3.8, 4) is 0 Å². The summed E-state index contributed by atoms with van der Waals surface area (Å²) in [6.45, 7) is -0.0137. The lowest BCUT2D eigenvalue weighted by Gasteiger charge is -2.42. The van der Waals surface area contributed by atoms with Crippen molar-refractivity contribution in [1.82, 2.24) is 10.2 Å². The summed E-state index contributed by atoms with van der Waals surface area (Å²) >= 11 is 10.5. The number of hydrogen-bond donors (Lipinski definition) is 4. The Morgan fingerprint density at radius 1 is 0.491 bits per heavy atom. The highest BCUT2D eigenvalue weighted by atomic mass is 32.1. The van der Waals surface area contributed by atoms with Crippen LogP contribution >= 0.6 is 25.3 Å². The third kappa shape index (κ3) is 8.13. The first-order valence-corrected chi connectivity index (χ1v) is 18.8. The summed E-state index contributed by atoms with van der Waals surface area (Å²) in [6.07, 6.45) is 0. The van der Waals surface area contributed by atoms with Gasteiger partial charge in [0.15, 0.2) is 0 Å². The van der Waals surface area contributed by atoms with Gasteiger partial charge in [-0.1, -0.05) is 182 Å². The van der Waals surface area contributed by atoms with Crippen LogP contribution in [0.4, 0.5) is 0 Å². The van der Waals surface area contributed by atoms with E-state index in [9.17, 15) is 14.7 Å². The minimum absolute atomic E-state index is 0.132. The number of benzene rings is 6. The third-order valence-electron chi connectivity index (χ3n) is 10.0. The molecule has 0 bridgehead atoms. The minimum Gasteiger partial charge on any atom is -0.480 e. The summed E-state index contributed by atoms with van der Waals surface area (Å²) in [6, 6.07) is 61.2. The van der Waals surface area contributed by atoms with Crippen LogP contribution in [0.2, 0.25) is 0 Å². The maximum atomic E-state index is 13.9. The van der Waals surface area contributed by atoms with Crippen molar-refractivity contribution >= 4 is 37.1 Å². The van der Waals surface area contributed by atoms with Gasteiger partial charge in [-0.3, -0.25) is 14.5 Å². The fourth-order valence-corrected chi connectivity index (χ4v) is 8.96. The van der Waals surface area contributed by atoms with Gasteiger partial charge in [0.05, 0.1) is 23.9 Å². The molecule has 1 amide bonds. The molecule has 0 spiro atoms. The zero-order valence-corrected chi connectivity index (χ0v) is 31.2. The molecule has 0 aliphatic heterocycles. The first kappa shape index (κ1) is 37.7. The quantitative estimate of drug-likeness (QED) is 0.0599. The van der Waals surface area contributed by atoms with E-state index in [1.807, 2.05) is 109 Å². The molecule has 0 saturated heterocycles. The molecule has 6 aromatic rings. The summed E-state index contributed by atoms with van der Waals surface area (Å²) in [5, 5.41) is 12.4. The van der Waals surface area contributed by atoms with Crippen molar-refractivity contribution in [3.63, 3.8) is 0 Å². The molecule has 0 aliphatic rings. The zero-order valence-electron chi connectivity index (χ0n) is 29.4. The van der Waals surface area contributed by atoms with Gasteiger partial charge in [0.2, 0.25) is 5.91 Å². The van der Waals surface area contributed by atoms with Crippen molar-refractivity contribution in [2.75, 3.05) is 26.2 Å². The standard InChI is InChI=1S/C46H44N2O3S2/c49-43(47-31-41(52)45(35-19-7-1-8-20-35,36-21-9-2-10-22-36)37-23-11-3-12-24-37)33-48(34-44(50)51)32-42(53)46(38-25-13-4-14-26-38,39-27-15-5-16-28-39)40-29-17-6-18-30-40/h1-30,41-42,52-53H,31-34H2,(H,47,49)(H,50,51). The summed E-state index contributed by atoms with van der Waals surface area (Å²) in [7, 11) is 0. The van der Waals surface area contributed by atoms with Crippen LogP contribution in [-0.2, 0) is 20.4 Å². The van der Waals surface area contributed by atoms with E-state index in [2.05, 4.69) is 78.1 Å².